The number of carbonyl (C=O) groups excluding carboxylic acids is 2. The van der Waals surface area contributed by atoms with Gasteiger partial charge in [0.1, 0.15) is 5.82 Å². The highest BCUT2D eigenvalue weighted by Gasteiger charge is 2.07. The first-order valence-electron chi connectivity index (χ1n) is 9.82. The van der Waals surface area contributed by atoms with E-state index in [2.05, 4.69) is 32.3 Å². The lowest BCUT2D eigenvalue weighted by atomic mass is 10.1. The molecule has 1 heterocycles. The van der Waals surface area contributed by atoms with Crippen LogP contribution < -0.4 is 10.6 Å². The summed E-state index contributed by atoms with van der Waals surface area (Å²) in [5.41, 5.74) is 2.17. The molecular weight excluding hydrogens is 364 g/mol. The van der Waals surface area contributed by atoms with Crippen LogP contribution in [-0.2, 0) is 29.0 Å². The van der Waals surface area contributed by atoms with Crippen molar-refractivity contribution in [2.45, 2.75) is 25.8 Å². The molecule has 0 fully saturated rings. The van der Waals surface area contributed by atoms with E-state index in [4.69, 9.17) is 0 Å². The summed E-state index contributed by atoms with van der Waals surface area (Å²) in [4.78, 5) is 28.3. The Morgan fingerprint density at radius 3 is 2.21 bits per heavy atom. The van der Waals surface area contributed by atoms with E-state index in [9.17, 15) is 9.59 Å². The van der Waals surface area contributed by atoms with Gasteiger partial charge in [0.05, 0.1) is 6.42 Å². The first-order valence-corrected chi connectivity index (χ1v) is 9.82. The Kier molecular flexibility index (Phi) is 7.57. The van der Waals surface area contributed by atoms with Gasteiger partial charge in [0.15, 0.2) is 0 Å². The predicted molar refractivity (Wildman–Crippen MR) is 112 cm³/mol. The van der Waals surface area contributed by atoms with Gasteiger partial charge in [-0.3, -0.25) is 9.59 Å². The molecule has 0 saturated heterocycles. The summed E-state index contributed by atoms with van der Waals surface area (Å²) in [5, 5.41) is 5.68. The van der Waals surface area contributed by atoms with Gasteiger partial charge in [-0.2, -0.15) is 0 Å². The lowest BCUT2D eigenvalue weighted by molar-refractivity contribution is -0.122. The Morgan fingerprint density at radius 2 is 1.48 bits per heavy atom. The highest BCUT2D eigenvalue weighted by molar-refractivity contribution is 5.80. The molecule has 0 bridgehead atoms. The highest BCUT2D eigenvalue weighted by Crippen LogP contribution is 2.06. The van der Waals surface area contributed by atoms with Gasteiger partial charge in [-0.05, 0) is 11.1 Å². The number of hydrogen-bond acceptors (Lipinski definition) is 3. The van der Waals surface area contributed by atoms with Crippen molar-refractivity contribution in [1.29, 1.82) is 0 Å². The molecule has 0 spiro atoms. The van der Waals surface area contributed by atoms with Gasteiger partial charge in [-0.15, -0.1) is 0 Å². The number of nitrogens with zero attached hydrogens (tertiary/aromatic N) is 2. The summed E-state index contributed by atoms with van der Waals surface area (Å²) in [7, 11) is 0. The average molecular weight is 390 g/mol. The Labute approximate surface area is 171 Å². The predicted octanol–water partition coefficient (Wildman–Crippen LogP) is 2.34. The summed E-state index contributed by atoms with van der Waals surface area (Å²) in [6, 6.07) is 19.7. The van der Waals surface area contributed by atoms with E-state index < -0.39 is 0 Å². The second-order valence-corrected chi connectivity index (χ2v) is 6.82. The molecule has 1 aromatic heterocycles. The molecule has 0 unspecified atom stereocenters. The number of rotatable bonds is 10. The van der Waals surface area contributed by atoms with E-state index in [0.29, 0.717) is 25.9 Å². The van der Waals surface area contributed by atoms with Crippen molar-refractivity contribution in [2.75, 3.05) is 13.1 Å². The molecule has 0 radical (unpaired) electrons. The van der Waals surface area contributed by atoms with E-state index in [1.807, 2.05) is 54.7 Å². The molecule has 6 nitrogen and oxygen atoms in total. The van der Waals surface area contributed by atoms with Crippen LogP contribution in [0.1, 0.15) is 23.4 Å². The molecule has 150 valence electrons. The lowest BCUT2D eigenvalue weighted by Gasteiger charge is -2.09. The number of nitrogens with one attached hydrogen (secondary N) is 2. The highest BCUT2D eigenvalue weighted by atomic mass is 16.2. The Balaban J connectivity index is 1.33. The van der Waals surface area contributed by atoms with E-state index >= 15 is 0 Å². The molecule has 3 rings (SSSR count). The fraction of sp³-hybridized carbons (Fsp3) is 0.261. The quantitative estimate of drug-likeness (QED) is 0.558. The van der Waals surface area contributed by atoms with Crippen LogP contribution >= 0.6 is 0 Å². The van der Waals surface area contributed by atoms with Crippen LogP contribution in [0.25, 0.3) is 0 Å². The topological polar surface area (TPSA) is 76.0 Å². The van der Waals surface area contributed by atoms with Crippen LogP contribution in [-0.4, -0.2) is 34.5 Å². The Bertz CT molecular complexity index is 907. The van der Waals surface area contributed by atoms with E-state index in [1.165, 1.54) is 5.56 Å². The maximum atomic E-state index is 12.0. The number of hydrogen-bond donors (Lipinski definition) is 2. The van der Waals surface area contributed by atoms with Crippen LogP contribution in [0.4, 0.5) is 0 Å². The maximum Gasteiger partial charge on any atom is 0.224 e. The zero-order valence-electron chi connectivity index (χ0n) is 16.4. The second kappa shape index (κ2) is 10.8. The number of benzene rings is 2. The molecule has 0 aliphatic carbocycles. The molecule has 6 heteroatoms. The molecule has 2 aromatic carbocycles. The van der Waals surface area contributed by atoms with Crippen molar-refractivity contribution in [3.63, 3.8) is 0 Å². The van der Waals surface area contributed by atoms with Gasteiger partial charge in [0.25, 0.3) is 0 Å². The number of aromatic nitrogens is 2. The molecule has 2 N–H and O–H groups in total. The van der Waals surface area contributed by atoms with Crippen molar-refractivity contribution in [3.8, 4) is 0 Å². The third-order valence-corrected chi connectivity index (χ3v) is 4.55. The van der Waals surface area contributed by atoms with Crippen molar-refractivity contribution >= 4 is 11.8 Å². The standard InChI is InChI=1S/C23H26N4O2/c28-22(12-14-26-23(29)17-19-7-3-1-4-8-19)25-13-11-21-24-15-16-27(21)18-20-9-5-2-6-10-20/h1-10,15-16H,11-14,17-18H2,(H,25,28)(H,26,29). The van der Waals surface area contributed by atoms with Crippen molar-refractivity contribution < 1.29 is 9.59 Å². The van der Waals surface area contributed by atoms with E-state index in [0.717, 1.165) is 17.9 Å². The van der Waals surface area contributed by atoms with Crippen LogP contribution in [0.5, 0.6) is 0 Å². The number of carbonyl (C=O) groups is 2. The van der Waals surface area contributed by atoms with Gasteiger partial charge >= 0.3 is 0 Å². The van der Waals surface area contributed by atoms with E-state index in [1.54, 1.807) is 6.20 Å². The molecule has 29 heavy (non-hydrogen) atoms. The molecular formula is C23H26N4O2. The molecule has 0 saturated carbocycles. The average Bonchev–Trinajstić information content (AvgIpc) is 3.16. The summed E-state index contributed by atoms with van der Waals surface area (Å²) in [6.45, 7) is 1.61. The van der Waals surface area contributed by atoms with Crippen LogP contribution in [0.2, 0.25) is 0 Å². The summed E-state index contributed by atoms with van der Waals surface area (Å²) >= 11 is 0. The minimum atomic E-state index is -0.0776. The fourth-order valence-electron chi connectivity index (χ4n) is 3.05. The van der Waals surface area contributed by atoms with Crippen LogP contribution in [0.15, 0.2) is 73.1 Å². The third kappa shape index (κ3) is 6.92. The largest absolute Gasteiger partial charge is 0.356 e. The minimum Gasteiger partial charge on any atom is -0.356 e. The second-order valence-electron chi connectivity index (χ2n) is 6.82. The van der Waals surface area contributed by atoms with Gasteiger partial charge in [-0.25, -0.2) is 4.98 Å². The Hall–Kier alpha value is -3.41. The van der Waals surface area contributed by atoms with Gasteiger partial charge < -0.3 is 15.2 Å². The van der Waals surface area contributed by atoms with Gasteiger partial charge in [0, 0.05) is 44.9 Å². The molecule has 2 amide bonds. The van der Waals surface area contributed by atoms with Gasteiger partial charge in [-0.1, -0.05) is 60.7 Å². The van der Waals surface area contributed by atoms with Crippen molar-refractivity contribution in [1.82, 2.24) is 20.2 Å². The monoisotopic (exact) mass is 390 g/mol. The van der Waals surface area contributed by atoms with E-state index in [-0.39, 0.29) is 18.2 Å². The smallest absolute Gasteiger partial charge is 0.224 e. The molecule has 0 aliphatic heterocycles. The van der Waals surface area contributed by atoms with Crippen molar-refractivity contribution in [2.24, 2.45) is 0 Å². The van der Waals surface area contributed by atoms with Crippen LogP contribution in [0.3, 0.4) is 0 Å². The molecule has 0 aliphatic rings. The first kappa shape index (κ1) is 20.3. The summed E-state index contributed by atoms with van der Waals surface area (Å²) in [5.74, 6) is 0.781. The maximum absolute atomic E-state index is 12.0. The SMILES string of the molecule is O=C(CCNC(=O)Cc1ccccc1)NCCc1nccn1Cc1ccccc1. The molecule has 3 aromatic rings. The summed E-state index contributed by atoms with van der Waals surface area (Å²) < 4.78 is 2.09. The van der Waals surface area contributed by atoms with Crippen LogP contribution in [0, 0.1) is 0 Å². The van der Waals surface area contributed by atoms with Crippen molar-refractivity contribution in [3.05, 3.63) is 90.0 Å². The first-order chi connectivity index (χ1) is 14.2. The summed E-state index contributed by atoms with van der Waals surface area (Å²) in [6.07, 6.45) is 4.98. The normalized spacial score (nSPS) is 10.5. The lowest BCUT2D eigenvalue weighted by Crippen LogP contribution is -2.32. The van der Waals surface area contributed by atoms with Gasteiger partial charge in [0.2, 0.25) is 11.8 Å². The zero-order valence-corrected chi connectivity index (χ0v) is 16.4. The number of amides is 2. The third-order valence-electron chi connectivity index (χ3n) is 4.55. The zero-order chi connectivity index (χ0) is 20.3. The fourth-order valence-corrected chi connectivity index (χ4v) is 3.05. The molecule has 0 atom stereocenters. The Morgan fingerprint density at radius 1 is 0.828 bits per heavy atom. The number of imidazole rings is 1. The minimum absolute atomic E-state index is 0.0769.